The fourth-order valence-corrected chi connectivity index (χ4v) is 3.35. The summed E-state index contributed by atoms with van der Waals surface area (Å²) < 4.78 is 11.0. The van der Waals surface area contributed by atoms with E-state index < -0.39 is 5.97 Å². The van der Waals surface area contributed by atoms with Crippen LogP contribution in [0.5, 0.6) is 5.75 Å². The van der Waals surface area contributed by atoms with Gasteiger partial charge in [0.25, 0.3) is 5.91 Å². The highest BCUT2D eigenvalue weighted by Gasteiger charge is 2.27. The van der Waals surface area contributed by atoms with E-state index in [1.807, 2.05) is 12.1 Å². The Hall–Kier alpha value is -2.61. The fourth-order valence-electron chi connectivity index (χ4n) is 3.35. The lowest BCUT2D eigenvalue weighted by atomic mass is 10.2. The van der Waals surface area contributed by atoms with Crippen LogP contribution in [0.3, 0.4) is 0 Å². The first-order valence-corrected chi connectivity index (χ1v) is 9.18. The molecule has 2 amide bonds. The van der Waals surface area contributed by atoms with Crippen LogP contribution in [0.25, 0.3) is 0 Å². The highest BCUT2D eigenvalue weighted by molar-refractivity contribution is 5.98. The van der Waals surface area contributed by atoms with E-state index in [0.717, 1.165) is 12.8 Å². The second-order valence-electron chi connectivity index (χ2n) is 6.67. The van der Waals surface area contributed by atoms with E-state index in [1.165, 1.54) is 0 Å². The molecule has 0 unspecified atom stereocenters. The van der Waals surface area contributed by atoms with E-state index in [-0.39, 0.29) is 50.5 Å². The molecule has 27 heavy (non-hydrogen) atoms. The summed E-state index contributed by atoms with van der Waals surface area (Å²) in [6.45, 7) is 1.38. The lowest BCUT2D eigenvalue weighted by molar-refractivity contribution is -0.139. The Morgan fingerprint density at radius 2 is 2.07 bits per heavy atom. The molecular weight excluding hydrogens is 352 g/mol. The Bertz CT molecular complexity index is 701. The number of carboxylic acid groups (broad SMARTS) is 1. The molecule has 1 aromatic carbocycles. The number of benzene rings is 1. The zero-order valence-electron chi connectivity index (χ0n) is 15.1. The minimum absolute atomic E-state index is 0.0477. The van der Waals surface area contributed by atoms with Crippen LogP contribution in [0.15, 0.2) is 24.3 Å². The average Bonchev–Trinajstić information content (AvgIpc) is 3.17. The number of para-hydroxylation sites is 2. The minimum atomic E-state index is -0.947. The molecule has 1 N–H and O–H groups in total. The number of nitrogens with zero attached hydrogens (tertiary/aromatic N) is 2. The van der Waals surface area contributed by atoms with Crippen molar-refractivity contribution in [2.75, 3.05) is 37.7 Å². The Labute approximate surface area is 157 Å². The van der Waals surface area contributed by atoms with Crippen LogP contribution < -0.4 is 9.64 Å². The second-order valence-corrected chi connectivity index (χ2v) is 6.67. The van der Waals surface area contributed by atoms with Gasteiger partial charge in [-0.3, -0.25) is 14.4 Å². The molecule has 8 heteroatoms. The van der Waals surface area contributed by atoms with Crippen LogP contribution >= 0.6 is 0 Å². The van der Waals surface area contributed by atoms with Crippen LogP contribution in [0.1, 0.15) is 25.7 Å². The van der Waals surface area contributed by atoms with Gasteiger partial charge in [0.1, 0.15) is 5.75 Å². The second kappa shape index (κ2) is 8.85. The fraction of sp³-hybridized carbons (Fsp3) is 0.526. The maximum atomic E-state index is 12.7. The van der Waals surface area contributed by atoms with E-state index >= 15 is 0 Å². The lowest BCUT2D eigenvalue weighted by Crippen LogP contribution is -2.43. The number of rotatable bonds is 8. The Morgan fingerprint density at radius 3 is 2.81 bits per heavy atom. The van der Waals surface area contributed by atoms with E-state index in [2.05, 4.69) is 0 Å². The topological polar surface area (TPSA) is 96.4 Å². The summed E-state index contributed by atoms with van der Waals surface area (Å²) in [5.74, 6) is -0.703. The van der Waals surface area contributed by atoms with Crippen LogP contribution in [-0.4, -0.2) is 66.7 Å². The highest BCUT2D eigenvalue weighted by atomic mass is 16.5. The van der Waals surface area contributed by atoms with E-state index in [4.69, 9.17) is 14.6 Å². The zero-order chi connectivity index (χ0) is 19.2. The Kier molecular flexibility index (Phi) is 6.28. The summed E-state index contributed by atoms with van der Waals surface area (Å²) in [4.78, 5) is 38.9. The molecule has 1 fully saturated rings. The standard InChI is InChI=1S/C19H24N2O6/c22-17(20(9-8-19(24)25)12-14-4-3-11-26-14)7-10-21-15-5-1-2-6-16(15)27-13-18(21)23/h1-2,5-6,14H,3-4,7-13H2,(H,24,25)/t14-/m1/s1. The SMILES string of the molecule is O=C(O)CCN(C[C@H]1CCCO1)C(=O)CCN1C(=O)COc2ccccc21. The van der Waals surface area contributed by atoms with Crippen LogP contribution in [0.2, 0.25) is 0 Å². The first-order chi connectivity index (χ1) is 13.0. The number of carbonyl (C=O) groups excluding carboxylic acids is 2. The summed E-state index contributed by atoms with van der Waals surface area (Å²) in [7, 11) is 0. The molecule has 8 nitrogen and oxygen atoms in total. The Balaban J connectivity index is 1.62. The molecule has 146 valence electrons. The van der Waals surface area contributed by atoms with E-state index in [1.54, 1.807) is 21.9 Å². The van der Waals surface area contributed by atoms with E-state index in [0.29, 0.717) is 24.6 Å². The van der Waals surface area contributed by atoms with E-state index in [9.17, 15) is 14.4 Å². The van der Waals surface area contributed by atoms with Gasteiger partial charge in [-0.15, -0.1) is 0 Å². The molecule has 0 bridgehead atoms. The molecule has 1 atom stereocenters. The van der Waals surface area contributed by atoms with Gasteiger partial charge in [-0.1, -0.05) is 12.1 Å². The molecule has 2 aliphatic rings. The Morgan fingerprint density at radius 1 is 1.26 bits per heavy atom. The number of ether oxygens (including phenoxy) is 2. The van der Waals surface area contributed by atoms with Crippen LogP contribution in [-0.2, 0) is 19.1 Å². The summed E-state index contributed by atoms with van der Waals surface area (Å²) in [5, 5.41) is 8.95. The van der Waals surface area contributed by atoms with Gasteiger partial charge in [-0.05, 0) is 25.0 Å². The number of fused-ring (bicyclic) bond motifs is 1. The lowest BCUT2D eigenvalue weighted by Gasteiger charge is -2.30. The predicted octanol–water partition coefficient (Wildman–Crippen LogP) is 1.28. The maximum absolute atomic E-state index is 12.7. The quantitative estimate of drug-likeness (QED) is 0.734. The molecular formula is C19H24N2O6. The van der Waals surface area contributed by atoms with Crippen molar-refractivity contribution in [2.45, 2.75) is 31.8 Å². The molecule has 0 aromatic heterocycles. The molecule has 0 saturated carbocycles. The van der Waals surface area contributed by atoms with Gasteiger partial charge < -0.3 is 24.4 Å². The average molecular weight is 376 g/mol. The summed E-state index contributed by atoms with van der Waals surface area (Å²) >= 11 is 0. The molecule has 3 rings (SSSR count). The molecule has 1 aromatic rings. The van der Waals surface area contributed by atoms with Gasteiger partial charge in [0.15, 0.2) is 6.61 Å². The smallest absolute Gasteiger partial charge is 0.305 e. The number of amides is 2. The third-order valence-electron chi connectivity index (χ3n) is 4.75. The first-order valence-electron chi connectivity index (χ1n) is 9.18. The number of hydrogen-bond acceptors (Lipinski definition) is 5. The zero-order valence-corrected chi connectivity index (χ0v) is 15.1. The van der Waals surface area contributed by atoms with Gasteiger partial charge in [-0.2, -0.15) is 0 Å². The maximum Gasteiger partial charge on any atom is 0.305 e. The normalized spacial score (nSPS) is 18.7. The molecule has 0 radical (unpaired) electrons. The monoisotopic (exact) mass is 376 g/mol. The highest BCUT2D eigenvalue weighted by Crippen LogP contribution is 2.31. The number of carbonyl (C=O) groups is 3. The van der Waals surface area contributed by atoms with Gasteiger partial charge in [0.05, 0.1) is 18.2 Å². The number of anilines is 1. The minimum Gasteiger partial charge on any atom is -0.482 e. The third-order valence-corrected chi connectivity index (χ3v) is 4.75. The third kappa shape index (κ3) is 4.97. The number of aliphatic carboxylic acids is 1. The van der Waals surface area contributed by atoms with Gasteiger partial charge in [-0.25, -0.2) is 0 Å². The summed E-state index contributed by atoms with van der Waals surface area (Å²) in [6, 6.07) is 7.21. The summed E-state index contributed by atoms with van der Waals surface area (Å²) in [6.07, 6.45) is 1.77. The van der Waals surface area contributed by atoms with Crippen LogP contribution in [0, 0.1) is 0 Å². The molecule has 1 saturated heterocycles. The van der Waals surface area contributed by atoms with Gasteiger partial charge >= 0.3 is 5.97 Å². The van der Waals surface area contributed by atoms with Crippen molar-refractivity contribution < 1.29 is 29.0 Å². The number of carboxylic acids is 1. The van der Waals surface area contributed by atoms with Gasteiger partial charge in [0.2, 0.25) is 5.91 Å². The van der Waals surface area contributed by atoms with Crippen molar-refractivity contribution >= 4 is 23.5 Å². The van der Waals surface area contributed by atoms with Gasteiger partial charge in [0, 0.05) is 32.7 Å². The molecule has 2 heterocycles. The molecule has 0 spiro atoms. The van der Waals surface area contributed by atoms with Crippen molar-refractivity contribution in [2.24, 2.45) is 0 Å². The molecule has 0 aliphatic carbocycles. The van der Waals surface area contributed by atoms with Crippen molar-refractivity contribution in [3.05, 3.63) is 24.3 Å². The molecule has 2 aliphatic heterocycles. The van der Waals surface area contributed by atoms with Crippen molar-refractivity contribution in [3.8, 4) is 5.75 Å². The first kappa shape index (κ1) is 19.2. The van der Waals surface area contributed by atoms with Crippen molar-refractivity contribution in [3.63, 3.8) is 0 Å². The number of hydrogen-bond donors (Lipinski definition) is 1. The van der Waals surface area contributed by atoms with Crippen LogP contribution in [0.4, 0.5) is 5.69 Å². The summed E-state index contributed by atoms with van der Waals surface area (Å²) in [5.41, 5.74) is 0.651. The van der Waals surface area contributed by atoms with Crippen molar-refractivity contribution in [1.29, 1.82) is 0 Å². The van der Waals surface area contributed by atoms with Crippen molar-refractivity contribution in [1.82, 2.24) is 4.90 Å². The largest absolute Gasteiger partial charge is 0.482 e. The predicted molar refractivity (Wildman–Crippen MR) is 96.7 cm³/mol.